The molecule has 0 heterocycles. The van der Waals surface area contributed by atoms with Gasteiger partial charge in [-0.1, -0.05) is 20.8 Å². The number of ether oxygens (including phenoxy) is 1. The molecular formula is C12H23NaO6S. The zero-order chi connectivity index (χ0) is 14.7. The van der Waals surface area contributed by atoms with E-state index in [1.165, 1.54) is 0 Å². The van der Waals surface area contributed by atoms with Gasteiger partial charge in [0.15, 0.2) is 5.94 Å². The molecule has 114 valence electrons. The second-order valence-corrected chi connectivity index (χ2v) is 7.21. The van der Waals surface area contributed by atoms with Crippen LogP contribution in [0.2, 0.25) is 0 Å². The fourth-order valence-corrected chi connectivity index (χ4v) is 2.67. The van der Waals surface area contributed by atoms with Crippen LogP contribution in [-0.2, 0) is 19.0 Å². The van der Waals surface area contributed by atoms with Crippen molar-refractivity contribution in [3.63, 3.8) is 0 Å². The van der Waals surface area contributed by atoms with Crippen LogP contribution in [0.15, 0.2) is 0 Å². The predicted molar refractivity (Wildman–Crippen MR) is 69.9 cm³/mol. The van der Waals surface area contributed by atoms with Crippen LogP contribution in [0.5, 0.6) is 0 Å². The van der Waals surface area contributed by atoms with Crippen LogP contribution in [-0.4, -0.2) is 31.7 Å². The second kappa shape index (κ2) is 7.98. The molecule has 0 aromatic carbocycles. The van der Waals surface area contributed by atoms with Crippen molar-refractivity contribution in [3.05, 3.63) is 0 Å². The molecule has 2 atom stereocenters. The molecule has 1 aliphatic rings. The van der Waals surface area contributed by atoms with Gasteiger partial charge in [0.25, 0.3) is 0 Å². The summed E-state index contributed by atoms with van der Waals surface area (Å²) in [6.07, 6.45) is 1.80. The van der Waals surface area contributed by atoms with Crippen LogP contribution >= 0.6 is 0 Å². The van der Waals surface area contributed by atoms with Crippen LogP contribution in [0.3, 0.4) is 0 Å². The summed E-state index contributed by atoms with van der Waals surface area (Å²) in [5, 5.41) is 8.48. The summed E-state index contributed by atoms with van der Waals surface area (Å²) in [5.74, 6) is -0.785. The Kier molecular flexibility index (Phi) is 8.05. The second-order valence-electron chi connectivity index (χ2n) is 5.67. The van der Waals surface area contributed by atoms with Gasteiger partial charge in [0.05, 0.1) is 0 Å². The number of carbonyl (C=O) groups is 1. The van der Waals surface area contributed by atoms with E-state index in [1.54, 1.807) is 0 Å². The smallest absolute Gasteiger partial charge is 1.00 e. The van der Waals surface area contributed by atoms with Crippen LogP contribution in [0.25, 0.3) is 0 Å². The number of aliphatic hydroxyl groups excluding tert-OH is 1. The van der Waals surface area contributed by atoms with Crippen LogP contribution in [0.1, 0.15) is 47.9 Å². The van der Waals surface area contributed by atoms with E-state index in [1.807, 2.05) is 0 Å². The van der Waals surface area contributed by atoms with E-state index in [9.17, 15) is 13.2 Å². The van der Waals surface area contributed by atoms with Gasteiger partial charge in [-0.25, -0.2) is 4.79 Å². The molecule has 0 bridgehead atoms. The maximum atomic E-state index is 11.3. The molecule has 0 spiro atoms. The Morgan fingerprint density at radius 2 is 2.10 bits per heavy atom. The minimum absolute atomic E-state index is 0. The van der Waals surface area contributed by atoms with Crippen molar-refractivity contribution in [2.24, 2.45) is 11.3 Å². The zero-order valence-electron chi connectivity index (χ0n) is 13.6. The third-order valence-electron chi connectivity index (χ3n) is 3.98. The number of aliphatic hydroxyl groups is 1. The van der Waals surface area contributed by atoms with E-state index in [4.69, 9.17) is 9.84 Å². The first-order valence-electron chi connectivity index (χ1n) is 6.42. The molecule has 0 radical (unpaired) electrons. The molecule has 2 unspecified atom stereocenters. The van der Waals surface area contributed by atoms with Gasteiger partial charge in [-0.05, 0) is 37.0 Å². The summed E-state index contributed by atoms with van der Waals surface area (Å²) in [4.78, 5) is 11.3. The van der Waals surface area contributed by atoms with E-state index in [0.717, 1.165) is 12.8 Å². The quantitative estimate of drug-likeness (QED) is 0.412. The van der Waals surface area contributed by atoms with E-state index in [2.05, 4.69) is 25.0 Å². The van der Waals surface area contributed by atoms with E-state index in [-0.39, 0.29) is 42.5 Å². The molecule has 0 saturated heterocycles. The van der Waals surface area contributed by atoms with Gasteiger partial charge >= 0.3 is 45.8 Å². The molecule has 0 aromatic rings. The standard InChI is InChI=1S/C12H22O6S.Na.H/c1-9(2)12(3)6-4-5-10(7-12)17-11(14)18-19(15,16)8-13;;/h9-10,13H,4-8H2,1-3H3;;/q;+1;-1. The average Bonchev–Trinajstić information content (AvgIpc) is 2.28. The van der Waals surface area contributed by atoms with Gasteiger partial charge in [-0.15, -0.1) is 0 Å². The number of rotatable bonds is 4. The molecule has 20 heavy (non-hydrogen) atoms. The maximum absolute atomic E-state index is 11.3. The van der Waals surface area contributed by atoms with Gasteiger partial charge in [-0.2, -0.15) is 8.42 Å². The predicted octanol–water partition coefficient (Wildman–Crippen LogP) is -0.859. The van der Waals surface area contributed by atoms with Crippen molar-refractivity contribution >= 4 is 16.3 Å². The van der Waals surface area contributed by atoms with Crippen molar-refractivity contribution in [3.8, 4) is 0 Å². The van der Waals surface area contributed by atoms with Crippen molar-refractivity contribution in [2.75, 3.05) is 5.94 Å². The minimum atomic E-state index is -4.23. The summed E-state index contributed by atoms with van der Waals surface area (Å²) >= 11 is 0. The molecule has 1 fully saturated rings. The first-order valence-corrected chi connectivity index (χ1v) is 8.00. The fraction of sp³-hybridized carbons (Fsp3) is 0.917. The Morgan fingerprint density at radius 3 is 2.60 bits per heavy atom. The van der Waals surface area contributed by atoms with Crippen molar-refractivity contribution in [1.29, 1.82) is 0 Å². The van der Waals surface area contributed by atoms with Crippen LogP contribution < -0.4 is 29.6 Å². The van der Waals surface area contributed by atoms with Gasteiger partial charge < -0.3 is 15.5 Å². The molecule has 1 aliphatic carbocycles. The third kappa shape index (κ3) is 5.89. The SMILES string of the molecule is CC(C)C1(C)CCCC(OC(=O)OS(=O)(=O)CO)C1.[H-].[Na+]. The number of carbonyl (C=O) groups excluding carboxylic acids is 1. The van der Waals surface area contributed by atoms with Gasteiger partial charge in [0.2, 0.25) is 0 Å². The molecule has 1 saturated carbocycles. The Labute approximate surface area is 144 Å². The monoisotopic (exact) mass is 318 g/mol. The Morgan fingerprint density at radius 1 is 1.50 bits per heavy atom. The molecular weight excluding hydrogens is 295 g/mol. The number of hydrogen-bond acceptors (Lipinski definition) is 6. The molecule has 6 nitrogen and oxygen atoms in total. The summed E-state index contributed by atoms with van der Waals surface area (Å²) in [6.45, 7) is 6.39. The van der Waals surface area contributed by atoms with E-state index < -0.39 is 22.2 Å². The summed E-state index contributed by atoms with van der Waals surface area (Å²) < 4.78 is 30.9. The normalized spacial score (nSPS) is 26.8. The fourth-order valence-electron chi connectivity index (χ4n) is 2.37. The van der Waals surface area contributed by atoms with E-state index in [0.29, 0.717) is 18.8 Å². The van der Waals surface area contributed by atoms with Crippen molar-refractivity contribution in [1.82, 2.24) is 0 Å². The summed E-state index contributed by atoms with van der Waals surface area (Å²) in [5.41, 5.74) is 0.0824. The van der Waals surface area contributed by atoms with E-state index >= 15 is 0 Å². The Hall–Kier alpha value is 0.180. The largest absolute Gasteiger partial charge is 1.00 e. The van der Waals surface area contributed by atoms with Gasteiger partial charge in [0.1, 0.15) is 6.10 Å². The van der Waals surface area contributed by atoms with Crippen LogP contribution in [0.4, 0.5) is 4.79 Å². The molecule has 0 amide bonds. The molecule has 1 rings (SSSR count). The zero-order valence-corrected chi connectivity index (χ0v) is 15.4. The maximum Gasteiger partial charge on any atom is 1.00 e. The Balaban J connectivity index is 0. The van der Waals surface area contributed by atoms with Crippen molar-refractivity contribution < 1.29 is 58.2 Å². The van der Waals surface area contributed by atoms with Crippen molar-refractivity contribution in [2.45, 2.75) is 52.6 Å². The van der Waals surface area contributed by atoms with Gasteiger partial charge in [-0.3, -0.25) is 0 Å². The van der Waals surface area contributed by atoms with Gasteiger partial charge in [0, 0.05) is 0 Å². The average molecular weight is 318 g/mol. The minimum Gasteiger partial charge on any atom is -1.00 e. The first-order chi connectivity index (χ1) is 8.68. The summed E-state index contributed by atoms with van der Waals surface area (Å²) in [6, 6.07) is 0. The topological polar surface area (TPSA) is 89.9 Å². The molecule has 0 aliphatic heterocycles. The molecule has 0 aromatic heterocycles. The third-order valence-corrected chi connectivity index (χ3v) is 4.68. The van der Waals surface area contributed by atoms with Crippen LogP contribution in [0, 0.1) is 11.3 Å². The first kappa shape index (κ1) is 20.2. The molecule has 8 heteroatoms. The Bertz CT molecular complexity index is 427. The number of hydrogen-bond donors (Lipinski definition) is 1. The summed E-state index contributed by atoms with van der Waals surface area (Å²) in [7, 11) is -4.23. The molecule has 1 N–H and O–H groups in total.